The molecule has 1 aromatic heterocycles. The van der Waals surface area contributed by atoms with Crippen LogP contribution < -0.4 is 20.9 Å². The van der Waals surface area contributed by atoms with Crippen LogP contribution in [0.5, 0.6) is 0 Å². The molecule has 0 bridgehead atoms. The van der Waals surface area contributed by atoms with Gasteiger partial charge in [-0.25, -0.2) is 14.4 Å². The van der Waals surface area contributed by atoms with Gasteiger partial charge < -0.3 is 20.9 Å². The second kappa shape index (κ2) is 13.6. The topological polar surface area (TPSA) is 108 Å². The molecule has 2 aromatic carbocycles. The zero-order valence-corrected chi connectivity index (χ0v) is 27.3. The average molecular weight is 640 g/mol. The van der Waals surface area contributed by atoms with E-state index < -0.39 is 11.7 Å². The van der Waals surface area contributed by atoms with Crippen LogP contribution in [0.2, 0.25) is 0 Å². The number of Topliss-reactive ketones (excluding diaryl/α,β-unsaturated/α-hetero) is 1. The number of halogens is 1. The Labute approximate surface area is 276 Å². The number of hydrogen-bond donors (Lipinski definition) is 2. The number of nitrogens with one attached hydrogen (secondary N) is 1. The molecule has 0 unspecified atom stereocenters. The summed E-state index contributed by atoms with van der Waals surface area (Å²) in [5, 5.41) is 3.29. The molecule has 4 aliphatic rings. The van der Waals surface area contributed by atoms with E-state index in [1.807, 2.05) is 18.2 Å². The number of benzene rings is 2. The van der Waals surface area contributed by atoms with Crippen molar-refractivity contribution in [2.75, 3.05) is 47.8 Å². The van der Waals surface area contributed by atoms with Crippen LogP contribution in [-0.2, 0) is 0 Å². The number of piperidine rings is 1. The second-order valence-electron chi connectivity index (χ2n) is 13.9. The third-order valence-corrected chi connectivity index (χ3v) is 10.9. The normalized spacial score (nSPS) is 22.4. The van der Waals surface area contributed by atoms with Gasteiger partial charge in [0.05, 0.1) is 11.8 Å². The van der Waals surface area contributed by atoms with Crippen LogP contribution >= 0.6 is 0 Å². The van der Waals surface area contributed by atoms with Crippen LogP contribution in [0.4, 0.5) is 27.4 Å². The largest absolute Gasteiger partial charge is 0.369 e. The lowest BCUT2D eigenvalue weighted by Gasteiger charge is -2.40. The van der Waals surface area contributed by atoms with Gasteiger partial charge in [0.15, 0.2) is 17.3 Å². The third kappa shape index (κ3) is 6.98. The molecule has 3 aromatic rings. The van der Waals surface area contributed by atoms with Gasteiger partial charge in [0.2, 0.25) is 0 Å². The maximum absolute atomic E-state index is 14.9. The summed E-state index contributed by atoms with van der Waals surface area (Å²) >= 11 is 0. The maximum atomic E-state index is 14.9. The average Bonchev–Trinajstić information content (AvgIpc) is 3.79. The first-order valence-corrected chi connectivity index (χ1v) is 17.5. The molecule has 3 N–H and O–H groups in total. The summed E-state index contributed by atoms with van der Waals surface area (Å²) in [5.74, 6) is 0.135. The van der Waals surface area contributed by atoms with Crippen molar-refractivity contribution in [1.29, 1.82) is 0 Å². The highest BCUT2D eigenvalue weighted by Crippen LogP contribution is 2.40. The lowest BCUT2D eigenvalue weighted by molar-refractivity contribution is 0.0940. The lowest BCUT2D eigenvalue weighted by atomic mass is 9.84. The van der Waals surface area contributed by atoms with E-state index in [4.69, 9.17) is 10.7 Å². The molecule has 2 aliphatic carbocycles. The van der Waals surface area contributed by atoms with Crippen LogP contribution in [0.1, 0.15) is 97.0 Å². The van der Waals surface area contributed by atoms with E-state index in [1.54, 1.807) is 12.3 Å². The zero-order chi connectivity index (χ0) is 32.5. The van der Waals surface area contributed by atoms with Crippen molar-refractivity contribution in [3.8, 4) is 0 Å². The van der Waals surface area contributed by atoms with Crippen LogP contribution in [0.15, 0.2) is 48.7 Å². The van der Waals surface area contributed by atoms with Crippen LogP contribution in [-0.4, -0.2) is 71.4 Å². The number of primary amides is 1. The quantitative estimate of drug-likeness (QED) is 0.250. The molecule has 0 spiro atoms. The number of nitrogens with zero attached hydrogens (tertiary/aromatic N) is 5. The van der Waals surface area contributed by atoms with Crippen molar-refractivity contribution in [3.63, 3.8) is 0 Å². The van der Waals surface area contributed by atoms with Gasteiger partial charge in [-0.3, -0.25) is 14.5 Å². The number of nitrogens with two attached hydrogens (primary N) is 1. The molecule has 7 rings (SSSR count). The summed E-state index contributed by atoms with van der Waals surface area (Å²) in [4.78, 5) is 42.0. The number of carbonyl (C=O) groups excluding carboxylic acids is 2. The van der Waals surface area contributed by atoms with Crippen LogP contribution in [0, 0.1) is 11.7 Å². The number of ketones is 1. The fraction of sp³-hybridized carbons (Fsp3) is 0.514. The summed E-state index contributed by atoms with van der Waals surface area (Å²) < 4.78 is 14.9. The van der Waals surface area contributed by atoms with E-state index in [2.05, 4.69) is 44.1 Å². The molecule has 2 saturated carbocycles. The smallest absolute Gasteiger partial charge is 0.271 e. The fourth-order valence-corrected chi connectivity index (χ4v) is 7.89. The summed E-state index contributed by atoms with van der Waals surface area (Å²) in [6.45, 7) is 7.05. The highest BCUT2D eigenvalue weighted by Gasteiger charge is 2.33. The molecule has 3 heterocycles. The molecule has 248 valence electrons. The van der Waals surface area contributed by atoms with Crippen LogP contribution in [0.3, 0.4) is 0 Å². The number of rotatable bonds is 10. The van der Waals surface area contributed by atoms with Crippen molar-refractivity contribution in [2.24, 2.45) is 11.7 Å². The standard InChI is InChI=1S/C37H46FN7O2/c1-24-26(22-33(46)31-15-10-27(21-32(31)38)25-8-9-25)5-4-16-45(24)34-23-40-35(36(39)47)37(42-34)41-28-11-13-30(14-12-28)44-19-17-43(18-20-44)29-6-2-3-7-29/h10-15,21,23-26,29H,2-9,16-20,22H2,1H3,(H2,39,47)(H,41,42)/t24-,26+/m1/s1. The predicted octanol–water partition coefficient (Wildman–Crippen LogP) is 6.28. The number of anilines is 4. The lowest BCUT2D eigenvalue weighted by Crippen LogP contribution is -2.49. The first kappa shape index (κ1) is 31.5. The monoisotopic (exact) mass is 639 g/mol. The highest BCUT2D eigenvalue weighted by molar-refractivity contribution is 5.97. The summed E-state index contributed by atoms with van der Waals surface area (Å²) in [6.07, 6.45) is 11.2. The molecule has 1 amide bonds. The molecular weight excluding hydrogens is 593 g/mol. The van der Waals surface area contributed by atoms with E-state index in [0.717, 1.165) is 75.7 Å². The summed E-state index contributed by atoms with van der Waals surface area (Å²) in [6, 6.07) is 14.0. The Bertz CT molecular complexity index is 1600. The Morgan fingerprint density at radius 2 is 1.68 bits per heavy atom. The second-order valence-corrected chi connectivity index (χ2v) is 13.9. The van der Waals surface area contributed by atoms with Gasteiger partial charge in [0, 0.05) is 62.6 Å². The molecule has 9 nitrogen and oxygen atoms in total. The number of aromatic nitrogens is 2. The van der Waals surface area contributed by atoms with Gasteiger partial charge in [-0.05, 0) is 99.2 Å². The fourth-order valence-electron chi connectivity index (χ4n) is 7.89. The first-order valence-electron chi connectivity index (χ1n) is 17.5. The van der Waals surface area contributed by atoms with E-state index in [0.29, 0.717) is 17.6 Å². The maximum Gasteiger partial charge on any atom is 0.271 e. The molecule has 4 fully saturated rings. The van der Waals surface area contributed by atoms with Crippen molar-refractivity contribution in [1.82, 2.24) is 14.9 Å². The van der Waals surface area contributed by atoms with E-state index in [9.17, 15) is 14.0 Å². The minimum absolute atomic E-state index is 0.0281. The van der Waals surface area contributed by atoms with Crippen molar-refractivity contribution >= 4 is 34.7 Å². The minimum Gasteiger partial charge on any atom is -0.369 e. The van der Waals surface area contributed by atoms with E-state index in [-0.39, 0.29) is 35.4 Å². The van der Waals surface area contributed by atoms with Crippen LogP contribution in [0.25, 0.3) is 0 Å². The Balaban J connectivity index is 1.02. The van der Waals surface area contributed by atoms with Gasteiger partial charge in [0.25, 0.3) is 5.91 Å². The zero-order valence-electron chi connectivity index (χ0n) is 27.3. The molecule has 0 radical (unpaired) electrons. The first-order chi connectivity index (χ1) is 22.8. The van der Waals surface area contributed by atoms with Gasteiger partial charge in [0.1, 0.15) is 11.6 Å². The molecule has 2 saturated heterocycles. The Kier molecular flexibility index (Phi) is 9.12. The Morgan fingerprint density at radius 3 is 2.36 bits per heavy atom. The minimum atomic E-state index is -0.659. The highest BCUT2D eigenvalue weighted by atomic mass is 19.1. The Hall–Kier alpha value is -4.05. The molecule has 2 aliphatic heterocycles. The van der Waals surface area contributed by atoms with Gasteiger partial charge in [-0.15, -0.1) is 0 Å². The Morgan fingerprint density at radius 1 is 0.936 bits per heavy atom. The molecule has 10 heteroatoms. The van der Waals surface area contributed by atoms with E-state index >= 15 is 0 Å². The van der Waals surface area contributed by atoms with E-state index in [1.165, 1.54) is 37.4 Å². The number of amides is 1. The number of piperazine rings is 1. The molecule has 47 heavy (non-hydrogen) atoms. The van der Waals surface area contributed by atoms with Crippen molar-refractivity contribution in [2.45, 2.75) is 82.7 Å². The van der Waals surface area contributed by atoms with Crippen molar-refractivity contribution < 1.29 is 14.0 Å². The number of hydrogen-bond acceptors (Lipinski definition) is 8. The van der Waals surface area contributed by atoms with Crippen molar-refractivity contribution in [3.05, 3.63) is 71.3 Å². The van der Waals surface area contributed by atoms with Gasteiger partial charge >= 0.3 is 0 Å². The molecule has 2 atom stereocenters. The number of carbonyl (C=O) groups is 2. The predicted molar refractivity (Wildman–Crippen MR) is 183 cm³/mol. The SMILES string of the molecule is C[C@@H]1[C@H](CC(=O)c2ccc(C3CC3)cc2F)CCCN1c1cnc(C(N)=O)c(Nc2ccc(N3CCN(C4CCCC4)CC3)cc2)n1. The molecular formula is C37H46FN7O2. The summed E-state index contributed by atoms with van der Waals surface area (Å²) in [7, 11) is 0. The van der Waals surface area contributed by atoms with Gasteiger partial charge in [-0.2, -0.15) is 0 Å². The summed E-state index contributed by atoms with van der Waals surface area (Å²) in [5.41, 5.74) is 8.90. The third-order valence-electron chi connectivity index (χ3n) is 10.9. The van der Waals surface area contributed by atoms with Gasteiger partial charge in [-0.1, -0.05) is 18.9 Å².